The SMILES string of the molecule is CCc1nc(CC)n(-c2ncc(CC(N)CC)cc2C)n1. The summed E-state index contributed by atoms with van der Waals surface area (Å²) in [6.07, 6.45) is 5.43. The lowest BCUT2D eigenvalue weighted by molar-refractivity contribution is 0.644. The maximum atomic E-state index is 6.02. The molecule has 0 aliphatic carbocycles. The molecule has 114 valence electrons. The van der Waals surface area contributed by atoms with Gasteiger partial charge in [0.1, 0.15) is 5.82 Å². The van der Waals surface area contributed by atoms with Crippen molar-refractivity contribution in [2.45, 2.75) is 59.4 Å². The maximum Gasteiger partial charge on any atom is 0.158 e. The van der Waals surface area contributed by atoms with Gasteiger partial charge in [-0.05, 0) is 30.9 Å². The summed E-state index contributed by atoms with van der Waals surface area (Å²) in [5.74, 6) is 2.69. The van der Waals surface area contributed by atoms with E-state index in [2.05, 4.69) is 48.8 Å². The second-order valence-electron chi connectivity index (χ2n) is 5.42. The second kappa shape index (κ2) is 6.80. The van der Waals surface area contributed by atoms with Crippen LogP contribution in [0.15, 0.2) is 12.3 Å². The Morgan fingerprint density at radius 2 is 2.00 bits per heavy atom. The van der Waals surface area contributed by atoms with E-state index in [1.807, 2.05) is 10.9 Å². The first-order chi connectivity index (χ1) is 10.1. The van der Waals surface area contributed by atoms with Gasteiger partial charge in [-0.15, -0.1) is 5.10 Å². The summed E-state index contributed by atoms with van der Waals surface area (Å²) in [7, 11) is 0. The predicted octanol–water partition coefficient (Wildman–Crippen LogP) is 2.38. The molecule has 0 aliphatic rings. The Kier molecular flexibility index (Phi) is 5.07. The van der Waals surface area contributed by atoms with E-state index < -0.39 is 0 Å². The highest BCUT2D eigenvalue weighted by Gasteiger charge is 2.13. The van der Waals surface area contributed by atoms with Crippen LogP contribution >= 0.6 is 0 Å². The van der Waals surface area contributed by atoms with E-state index in [-0.39, 0.29) is 6.04 Å². The Hall–Kier alpha value is -1.75. The van der Waals surface area contributed by atoms with Crippen LogP contribution in [0.4, 0.5) is 0 Å². The number of pyridine rings is 1. The highest BCUT2D eigenvalue weighted by atomic mass is 15.4. The van der Waals surface area contributed by atoms with Gasteiger partial charge in [0.05, 0.1) is 0 Å². The molecule has 0 aromatic carbocycles. The van der Waals surface area contributed by atoms with Crippen LogP contribution in [0.25, 0.3) is 5.82 Å². The Morgan fingerprint density at radius 3 is 2.57 bits per heavy atom. The Morgan fingerprint density at radius 1 is 1.24 bits per heavy atom. The van der Waals surface area contributed by atoms with E-state index in [0.717, 1.165) is 48.7 Å². The highest BCUT2D eigenvalue weighted by molar-refractivity contribution is 5.35. The van der Waals surface area contributed by atoms with Crippen LogP contribution in [0.1, 0.15) is 50.0 Å². The fraction of sp³-hybridized carbons (Fsp3) is 0.562. The number of hydrogen-bond donors (Lipinski definition) is 1. The average molecular weight is 287 g/mol. The first-order valence-corrected chi connectivity index (χ1v) is 7.75. The van der Waals surface area contributed by atoms with Crippen molar-refractivity contribution in [3.63, 3.8) is 0 Å². The molecule has 5 heteroatoms. The zero-order chi connectivity index (χ0) is 15.4. The lowest BCUT2D eigenvalue weighted by Gasteiger charge is -2.11. The molecule has 2 heterocycles. The van der Waals surface area contributed by atoms with Crippen molar-refractivity contribution in [3.8, 4) is 5.82 Å². The van der Waals surface area contributed by atoms with Crippen molar-refractivity contribution < 1.29 is 0 Å². The summed E-state index contributed by atoms with van der Waals surface area (Å²) in [5, 5.41) is 4.56. The van der Waals surface area contributed by atoms with Gasteiger partial charge in [0.15, 0.2) is 11.6 Å². The third-order valence-electron chi connectivity index (χ3n) is 3.68. The molecule has 0 spiro atoms. The van der Waals surface area contributed by atoms with Gasteiger partial charge in [-0.3, -0.25) is 0 Å². The summed E-state index contributed by atoms with van der Waals surface area (Å²) >= 11 is 0. The molecule has 0 radical (unpaired) electrons. The number of nitrogens with zero attached hydrogens (tertiary/aromatic N) is 4. The minimum Gasteiger partial charge on any atom is -0.327 e. The lowest BCUT2D eigenvalue weighted by Crippen LogP contribution is -2.21. The van der Waals surface area contributed by atoms with Crippen molar-refractivity contribution in [2.75, 3.05) is 0 Å². The minimum atomic E-state index is 0.196. The molecule has 2 N–H and O–H groups in total. The topological polar surface area (TPSA) is 69.6 Å². The Balaban J connectivity index is 2.34. The summed E-state index contributed by atoms with van der Waals surface area (Å²) < 4.78 is 1.87. The third-order valence-corrected chi connectivity index (χ3v) is 3.68. The largest absolute Gasteiger partial charge is 0.327 e. The van der Waals surface area contributed by atoms with Crippen molar-refractivity contribution in [3.05, 3.63) is 35.0 Å². The summed E-state index contributed by atoms with van der Waals surface area (Å²) in [6, 6.07) is 2.35. The number of aryl methyl sites for hydroxylation is 3. The van der Waals surface area contributed by atoms with E-state index >= 15 is 0 Å². The van der Waals surface area contributed by atoms with E-state index in [4.69, 9.17) is 5.73 Å². The molecule has 2 rings (SSSR count). The molecule has 21 heavy (non-hydrogen) atoms. The molecule has 5 nitrogen and oxygen atoms in total. The second-order valence-corrected chi connectivity index (χ2v) is 5.42. The first kappa shape index (κ1) is 15.6. The van der Waals surface area contributed by atoms with Crippen LogP contribution in [0.2, 0.25) is 0 Å². The summed E-state index contributed by atoms with van der Waals surface area (Å²) in [4.78, 5) is 9.14. The number of aromatic nitrogens is 4. The molecule has 0 aliphatic heterocycles. The van der Waals surface area contributed by atoms with Crippen molar-refractivity contribution >= 4 is 0 Å². The van der Waals surface area contributed by atoms with Crippen molar-refractivity contribution in [1.29, 1.82) is 0 Å². The van der Waals surface area contributed by atoms with Crippen LogP contribution in [0.5, 0.6) is 0 Å². The van der Waals surface area contributed by atoms with E-state index in [9.17, 15) is 0 Å². The van der Waals surface area contributed by atoms with Gasteiger partial charge in [-0.25, -0.2) is 9.97 Å². The summed E-state index contributed by atoms with van der Waals surface area (Å²) in [6.45, 7) is 8.32. The molecule has 0 saturated carbocycles. The number of rotatable bonds is 6. The minimum absolute atomic E-state index is 0.196. The number of hydrogen-bond acceptors (Lipinski definition) is 4. The molecule has 1 atom stereocenters. The Bertz CT molecular complexity index is 603. The zero-order valence-corrected chi connectivity index (χ0v) is 13.4. The van der Waals surface area contributed by atoms with Gasteiger partial charge in [0.25, 0.3) is 0 Å². The van der Waals surface area contributed by atoms with Crippen LogP contribution in [-0.4, -0.2) is 25.8 Å². The zero-order valence-electron chi connectivity index (χ0n) is 13.4. The smallest absolute Gasteiger partial charge is 0.158 e. The monoisotopic (exact) mass is 287 g/mol. The highest BCUT2D eigenvalue weighted by Crippen LogP contribution is 2.16. The van der Waals surface area contributed by atoms with Crippen molar-refractivity contribution in [2.24, 2.45) is 5.73 Å². The van der Waals surface area contributed by atoms with E-state index in [0.29, 0.717) is 0 Å². The van der Waals surface area contributed by atoms with E-state index in [1.54, 1.807) is 0 Å². The molecule has 0 bridgehead atoms. The van der Waals surface area contributed by atoms with Crippen LogP contribution in [-0.2, 0) is 19.3 Å². The van der Waals surface area contributed by atoms with Gasteiger partial charge < -0.3 is 5.73 Å². The molecule has 2 aromatic rings. The van der Waals surface area contributed by atoms with Crippen LogP contribution < -0.4 is 5.73 Å². The van der Waals surface area contributed by atoms with Gasteiger partial charge in [0.2, 0.25) is 0 Å². The third kappa shape index (κ3) is 3.47. The fourth-order valence-electron chi connectivity index (χ4n) is 2.35. The standard InChI is InChI=1S/C16H25N5/c1-5-13(17)9-12-8-11(4)16(18-10-12)21-15(7-3)19-14(6-2)20-21/h8,10,13H,5-7,9,17H2,1-4H3. The number of nitrogens with two attached hydrogens (primary N) is 1. The van der Waals surface area contributed by atoms with Gasteiger partial charge in [-0.1, -0.05) is 26.8 Å². The average Bonchev–Trinajstić information content (AvgIpc) is 2.90. The molecule has 0 fully saturated rings. The van der Waals surface area contributed by atoms with Crippen LogP contribution in [0, 0.1) is 6.92 Å². The molecule has 0 saturated heterocycles. The molecule has 1 unspecified atom stereocenters. The molecular weight excluding hydrogens is 262 g/mol. The first-order valence-electron chi connectivity index (χ1n) is 7.75. The molecule has 0 amide bonds. The van der Waals surface area contributed by atoms with E-state index in [1.165, 1.54) is 5.56 Å². The summed E-state index contributed by atoms with van der Waals surface area (Å²) in [5.41, 5.74) is 8.31. The van der Waals surface area contributed by atoms with Gasteiger partial charge in [0, 0.05) is 25.1 Å². The van der Waals surface area contributed by atoms with Crippen LogP contribution in [0.3, 0.4) is 0 Å². The molecule has 2 aromatic heterocycles. The Labute approximate surface area is 126 Å². The molecular formula is C16H25N5. The van der Waals surface area contributed by atoms with Crippen molar-refractivity contribution in [1.82, 2.24) is 19.7 Å². The fourth-order valence-corrected chi connectivity index (χ4v) is 2.35. The normalized spacial score (nSPS) is 12.6. The quantitative estimate of drug-likeness (QED) is 0.885. The van der Waals surface area contributed by atoms with Gasteiger partial charge >= 0.3 is 0 Å². The lowest BCUT2D eigenvalue weighted by atomic mass is 10.1. The van der Waals surface area contributed by atoms with Gasteiger partial charge in [-0.2, -0.15) is 4.68 Å². The predicted molar refractivity (Wildman–Crippen MR) is 84.6 cm³/mol. The maximum absolute atomic E-state index is 6.02.